The first-order valence-corrected chi connectivity index (χ1v) is 7.52. The summed E-state index contributed by atoms with van der Waals surface area (Å²) in [5, 5.41) is 16.1. The molecule has 1 amide bonds. The lowest BCUT2D eigenvalue weighted by Gasteiger charge is -2.36. The Labute approximate surface area is 133 Å². The fourth-order valence-corrected chi connectivity index (χ4v) is 2.78. The van der Waals surface area contributed by atoms with Crippen molar-refractivity contribution < 1.29 is 14.7 Å². The highest BCUT2D eigenvalue weighted by atomic mass is 16.4. The van der Waals surface area contributed by atoms with Gasteiger partial charge in [-0.3, -0.25) is 9.59 Å². The zero-order valence-corrected chi connectivity index (χ0v) is 12.6. The number of carboxylic acids is 1. The van der Waals surface area contributed by atoms with Crippen LogP contribution in [0.1, 0.15) is 31.2 Å². The van der Waals surface area contributed by atoms with Crippen molar-refractivity contribution in [2.45, 2.75) is 32.2 Å². The molecular formula is C16H18N4O3. The molecule has 1 fully saturated rings. The van der Waals surface area contributed by atoms with E-state index >= 15 is 0 Å². The van der Waals surface area contributed by atoms with Gasteiger partial charge in [-0.25, -0.2) is 9.67 Å². The molecule has 1 aliphatic carbocycles. The van der Waals surface area contributed by atoms with Gasteiger partial charge in [0.25, 0.3) is 0 Å². The number of rotatable bonds is 6. The van der Waals surface area contributed by atoms with Gasteiger partial charge in [-0.15, -0.1) is 0 Å². The first kappa shape index (κ1) is 15.2. The van der Waals surface area contributed by atoms with Gasteiger partial charge < -0.3 is 10.4 Å². The van der Waals surface area contributed by atoms with Crippen LogP contribution < -0.4 is 5.32 Å². The van der Waals surface area contributed by atoms with Crippen LogP contribution >= 0.6 is 0 Å². The van der Waals surface area contributed by atoms with E-state index in [1.165, 1.54) is 6.33 Å². The molecule has 2 N–H and O–H groups in total. The zero-order chi connectivity index (χ0) is 16.3. The number of nitrogens with one attached hydrogen (secondary N) is 1. The number of anilines is 1. The number of carbonyl (C=O) groups is 2. The van der Waals surface area contributed by atoms with Crippen LogP contribution in [0.25, 0.3) is 0 Å². The molecule has 7 heteroatoms. The van der Waals surface area contributed by atoms with Gasteiger partial charge in [0, 0.05) is 12.1 Å². The van der Waals surface area contributed by atoms with Crippen molar-refractivity contribution in [1.29, 1.82) is 0 Å². The molecule has 0 spiro atoms. The van der Waals surface area contributed by atoms with E-state index in [1.54, 1.807) is 23.1 Å². The second kappa shape index (κ2) is 6.20. The molecule has 0 bridgehead atoms. The summed E-state index contributed by atoms with van der Waals surface area (Å²) in [6, 6.07) is 7.40. The number of hydrogen-bond acceptors (Lipinski definition) is 4. The van der Waals surface area contributed by atoms with E-state index in [0.29, 0.717) is 25.1 Å². The van der Waals surface area contributed by atoms with Gasteiger partial charge in [-0.2, -0.15) is 5.10 Å². The maximum atomic E-state index is 12.1. The topological polar surface area (TPSA) is 97.1 Å². The number of carbonyl (C=O) groups excluding carboxylic acids is 1. The van der Waals surface area contributed by atoms with Crippen LogP contribution in [0.5, 0.6) is 0 Å². The third kappa shape index (κ3) is 3.39. The normalized spacial score (nSPS) is 15.7. The van der Waals surface area contributed by atoms with E-state index in [0.717, 1.165) is 12.0 Å². The molecule has 1 aliphatic rings. The number of hydrogen-bond donors (Lipinski definition) is 2. The van der Waals surface area contributed by atoms with Crippen LogP contribution in [0.4, 0.5) is 5.69 Å². The van der Waals surface area contributed by atoms with Crippen LogP contribution in [0, 0.1) is 5.41 Å². The van der Waals surface area contributed by atoms with Crippen LogP contribution in [-0.2, 0) is 16.1 Å². The number of benzene rings is 1. The highest BCUT2D eigenvalue weighted by Gasteiger charge is 2.45. The van der Waals surface area contributed by atoms with Crippen molar-refractivity contribution >= 4 is 17.6 Å². The van der Waals surface area contributed by atoms with Gasteiger partial charge >= 0.3 is 5.97 Å². The van der Waals surface area contributed by atoms with Gasteiger partial charge in [0.05, 0.1) is 12.0 Å². The summed E-state index contributed by atoms with van der Waals surface area (Å²) >= 11 is 0. The van der Waals surface area contributed by atoms with E-state index in [4.69, 9.17) is 0 Å². The summed E-state index contributed by atoms with van der Waals surface area (Å²) in [5.41, 5.74) is 0.837. The molecular weight excluding hydrogens is 296 g/mol. The van der Waals surface area contributed by atoms with Crippen molar-refractivity contribution in [3.05, 3.63) is 42.5 Å². The zero-order valence-electron chi connectivity index (χ0n) is 12.6. The summed E-state index contributed by atoms with van der Waals surface area (Å²) < 4.78 is 1.71. The first-order valence-electron chi connectivity index (χ1n) is 7.52. The Hall–Kier alpha value is -2.70. The average Bonchev–Trinajstić information content (AvgIpc) is 2.97. The Morgan fingerprint density at radius 3 is 2.52 bits per heavy atom. The summed E-state index contributed by atoms with van der Waals surface area (Å²) in [6.07, 6.45) is 5.17. The SMILES string of the molecule is O=C(CC1(C(=O)O)CCC1)Nc1ccc(Cn2cncn2)cc1. The summed E-state index contributed by atoms with van der Waals surface area (Å²) in [7, 11) is 0. The predicted octanol–water partition coefficient (Wildman–Crippen LogP) is 1.91. The van der Waals surface area contributed by atoms with Crippen molar-refractivity contribution in [1.82, 2.24) is 14.8 Å². The Morgan fingerprint density at radius 2 is 2.00 bits per heavy atom. The molecule has 0 unspecified atom stereocenters. The van der Waals surface area contributed by atoms with Crippen LogP contribution in [0.2, 0.25) is 0 Å². The minimum atomic E-state index is -0.873. The second-order valence-corrected chi connectivity index (χ2v) is 5.95. The van der Waals surface area contributed by atoms with Crippen LogP contribution in [-0.4, -0.2) is 31.7 Å². The Bertz CT molecular complexity index is 691. The highest BCUT2D eigenvalue weighted by Crippen LogP contribution is 2.44. The first-order chi connectivity index (χ1) is 11.1. The highest BCUT2D eigenvalue weighted by molar-refractivity contribution is 5.94. The lowest BCUT2D eigenvalue weighted by molar-refractivity contribution is -0.157. The third-order valence-electron chi connectivity index (χ3n) is 4.31. The number of aromatic nitrogens is 3. The minimum absolute atomic E-state index is 0.0308. The lowest BCUT2D eigenvalue weighted by atomic mass is 9.66. The van der Waals surface area contributed by atoms with E-state index in [1.807, 2.05) is 12.1 Å². The molecule has 7 nitrogen and oxygen atoms in total. The van der Waals surface area contributed by atoms with Crippen molar-refractivity contribution in [2.75, 3.05) is 5.32 Å². The molecule has 0 atom stereocenters. The molecule has 0 aliphatic heterocycles. The summed E-state index contributed by atoms with van der Waals surface area (Å²) in [6.45, 7) is 0.607. The maximum Gasteiger partial charge on any atom is 0.310 e. The molecule has 1 saturated carbocycles. The van der Waals surface area contributed by atoms with E-state index in [9.17, 15) is 14.7 Å². The molecule has 23 heavy (non-hydrogen) atoms. The molecule has 1 heterocycles. The minimum Gasteiger partial charge on any atom is -0.481 e. The number of amides is 1. The molecule has 1 aromatic heterocycles. The smallest absolute Gasteiger partial charge is 0.310 e. The fraction of sp³-hybridized carbons (Fsp3) is 0.375. The third-order valence-corrected chi connectivity index (χ3v) is 4.31. The van der Waals surface area contributed by atoms with E-state index in [-0.39, 0.29) is 12.3 Å². The largest absolute Gasteiger partial charge is 0.481 e. The number of nitrogens with zero attached hydrogens (tertiary/aromatic N) is 3. The van der Waals surface area contributed by atoms with E-state index < -0.39 is 11.4 Å². The Morgan fingerprint density at radius 1 is 1.26 bits per heavy atom. The van der Waals surface area contributed by atoms with Gasteiger partial charge in [0.2, 0.25) is 5.91 Å². The molecule has 0 radical (unpaired) electrons. The molecule has 0 saturated heterocycles. The fourth-order valence-electron chi connectivity index (χ4n) is 2.78. The number of carboxylic acid groups (broad SMARTS) is 1. The van der Waals surface area contributed by atoms with Crippen LogP contribution in [0.3, 0.4) is 0 Å². The summed E-state index contributed by atoms with van der Waals surface area (Å²) in [4.78, 5) is 27.2. The Kier molecular flexibility index (Phi) is 4.10. The maximum absolute atomic E-state index is 12.1. The molecule has 1 aromatic carbocycles. The van der Waals surface area contributed by atoms with Crippen molar-refractivity contribution in [3.8, 4) is 0 Å². The monoisotopic (exact) mass is 314 g/mol. The van der Waals surface area contributed by atoms with Gasteiger partial charge in [0.15, 0.2) is 0 Å². The summed E-state index contributed by atoms with van der Waals surface area (Å²) in [5.74, 6) is -1.13. The van der Waals surface area contributed by atoms with Gasteiger partial charge in [0.1, 0.15) is 12.7 Å². The molecule has 3 rings (SSSR count). The van der Waals surface area contributed by atoms with Gasteiger partial charge in [-0.1, -0.05) is 18.6 Å². The standard InChI is InChI=1S/C16H18N4O3/c21-14(8-16(15(22)23)6-1-7-16)19-13-4-2-12(3-5-13)9-20-11-17-10-18-20/h2-5,10-11H,1,6-9H2,(H,19,21)(H,22,23). The second-order valence-electron chi connectivity index (χ2n) is 5.95. The van der Waals surface area contributed by atoms with Crippen LogP contribution in [0.15, 0.2) is 36.9 Å². The predicted molar refractivity (Wildman–Crippen MR) is 82.7 cm³/mol. The molecule has 120 valence electrons. The lowest BCUT2D eigenvalue weighted by Crippen LogP contribution is -2.41. The number of aliphatic carboxylic acids is 1. The Balaban J connectivity index is 1.57. The van der Waals surface area contributed by atoms with E-state index in [2.05, 4.69) is 15.4 Å². The molecule has 2 aromatic rings. The average molecular weight is 314 g/mol. The van der Waals surface area contributed by atoms with Gasteiger partial charge in [-0.05, 0) is 30.5 Å². The van der Waals surface area contributed by atoms with Crippen molar-refractivity contribution in [3.63, 3.8) is 0 Å². The quantitative estimate of drug-likeness (QED) is 0.849. The van der Waals surface area contributed by atoms with Crippen molar-refractivity contribution in [2.24, 2.45) is 5.41 Å².